The Balaban J connectivity index is 1.75. The summed E-state index contributed by atoms with van der Waals surface area (Å²) in [6.45, 7) is 2.44. The van der Waals surface area contributed by atoms with Crippen LogP contribution in [0.15, 0.2) is 47.8 Å². The largest absolute Gasteiger partial charge is 0.354 e. The van der Waals surface area contributed by atoms with Crippen molar-refractivity contribution in [1.82, 2.24) is 29.6 Å². The minimum atomic E-state index is -0.487. The second-order valence-electron chi connectivity index (χ2n) is 6.76. The number of carbonyl (C=O) groups excluding carboxylic acids is 1. The molecule has 0 aliphatic heterocycles. The molecule has 3 aromatic heterocycles. The summed E-state index contributed by atoms with van der Waals surface area (Å²) < 4.78 is 3.17. The molecule has 2 N–H and O–H groups in total. The van der Waals surface area contributed by atoms with Crippen molar-refractivity contribution in [2.75, 3.05) is 6.54 Å². The normalized spacial score (nSPS) is 12.5. The summed E-state index contributed by atoms with van der Waals surface area (Å²) in [5, 5.41) is 8.84. The van der Waals surface area contributed by atoms with Gasteiger partial charge in [0.1, 0.15) is 11.6 Å². The highest BCUT2D eigenvalue weighted by Crippen LogP contribution is 2.30. The Labute approximate surface area is 161 Å². The minimum absolute atomic E-state index is 0.108. The van der Waals surface area contributed by atoms with Crippen LogP contribution in [0.1, 0.15) is 25.1 Å². The van der Waals surface area contributed by atoms with Crippen molar-refractivity contribution in [1.29, 1.82) is 0 Å². The van der Waals surface area contributed by atoms with Gasteiger partial charge in [-0.2, -0.15) is 5.10 Å². The van der Waals surface area contributed by atoms with Gasteiger partial charge < -0.3 is 14.9 Å². The molecule has 1 amide bonds. The minimum Gasteiger partial charge on any atom is -0.354 e. The Bertz CT molecular complexity index is 1190. The van der Waals surface area contributed by atoms with Crippen LogP contribution in [0.25, 0.3) is 21.8 Å². The smallest absolute Gasteiger partial charge is 0.291 e. The Morgan fingerprint density at radius 3 is 2.82 bits per heavy atom. The summed E-state index contributed by atoms with van der Waals surface area (Å²) >= 11 is 0. The fourth-order valence-corrected chi connectivity index (χ4v) is 3.66. The Kier molecular flexibility index (Phi) is 4.68. The predicted molar refractivity (Wildman–Crippen MR) is 107 cm³/mol. The van der Waals surface area contributed by atoms with Crippen LogP contribution in [0.3, 0.4) is 0 Å². The molecule has 0 aliphatic rings. The van der Waals surface area contributed by atoms with Crippen LogP contribution in [0.5, 0.6) is 0 Å². The standard InChI is InChI=1S/C20H22N6O2/c1-3-16(19(27)22-9-8-13-10-21-12-23-13)26-17-7-5-4-6-14(17)15-11-24-25(2)20(28)18(15)26/h4-7,10-12,16H,3,8-9H2,1-2H3,(H,21,23)(H,22,27)/t16-/m1/s1. The lowest BCUT2D eigenvalue weighted by molar-refractivity contribution is -0.124. The number of aromatic amines is 1. The fourth-order valence-electron chi connectivity index (χ4n) is 3.66. The zero-order chi connectivity index (χ0) is 19.7. The molecule has 4 aromatic rings. The first-order valence-electron chi connectivity index (χ1n) is 9.31. The molecule has 0 radical (unpaired) electrons. The first kappa shape index (κ1) is 18.0. The molecule has 8 heteroatoms. The number of H-pyrrole nitrogens is 1. The van der Waals surface area contributed by atoms with Gasteiger partial charge in [0.05, 0.1) is 18.0 Å². The van der Waals surface area contributed by atoms with Crippen LogP contribution in [0.2, 0.25) is 0 Å². The first-order valence-corrected chi connectivity index (χ1v) is 9.31. The highest BCUT2D eigenvalue weighted by molar-refractivity contribution is 6.08. The fraction of sp³-hybridized carbons (Fsp3) is 0.300. The number of hydrogen-bond acceptors (Lipinski definition) is 4. The molecule has 0 unspecified atom stereocenters. The average Bonchev–Trinajstić information content (AvgIpc) is 3.33. The zero-order valence-corrected chi connectivity index (χ0v) is 15.8. The van der Waals surface area contributed by atoms with Gasteiger partial charge in [0.15, 0.2) is 0 Å². The van der Waals surface area contributed by atoms with E-state index in [-0.39, 0.29) is 11.5 Å². The maximum atomic E-state index is 13.0. The van der Waals surface area contributed by atoms with Crippen LogP contribution in [0, 0.1) is 0 Å². The molecule has 0 spiro atoms. The molecule has 0 bridgehead atoms. The molecule has 0 aliphatic carbocycles. The predicted octanol–water partition coefficient (Wildman–Crippen LogP) is 1.92. The van der Waals surface area contributed by atoms with Gasteiger partial charge >= 0.3 is 0 Å². The maximum Gasteiger partial charge on any atom is 0.291 e. The molecule has 4 rings (SSSR count). The number of para-hydroxylation sites is 1. The highest BCUT2D eigenvalue weighted by Gasteiger charge is 2.25. The lowest BCUT2D eigenvalue weighted by Crippen LogP contribution is -2.34. The van der Waals surface area contributed by atoms with E-state index in [1.807, 2.05) is 35.8 Å². The summed E-state index contributed by atoms with van der Waals surface area (Å²) in [7, 11) is 1.62. The highest BCUT2D eigenvalue weighted by atomic mass is 16.2. The Hall–Kier alpha value is -3.42. The number of amides is 1. The molecule has 28 heavy (non-hydrogen) atoms. The Morgan fingerprint density at radius 1 is 1.25 bits per heavy atom. The number of aromatic nitrogens is 5. The van der Waals surface area contributed by atoms with Gasteiger partial charge in [-0.25, -0.2) is 9.67 Å². The van der Waals surface area contributed by atoms with Gasteiger partial charge in [0.2, 0.25) is 5.91 Å². The van der Waals surface area contributed by atoms with Crippen molar-refractivity contribution in [2.24, 2.45) is 7.05 Å². The third-order valence-corrected chi connectivity index (χ3v) is 5.06. The van der Waals surface area contributed by atoms with Gasteiger partial charge in [-0.05, 0) is 12.5 Å². The molecular weight excluding hydrogens is 356 g/mol. The number of hydrogen-bond donors (Lipinski definition) is 2. The summed E-state index contributed by atoms with van der Waals surface area (Å²) in [5.41, 5.74) is 2.12. The van der Waals surface area contributed by atoms with Gasteiger partial charge in [0.25, 0.3) is 5.56 Å². The number of benzene rings is 1. The molecular formula is C20H22N6O2. The molecule has 144 valence electrons. The topological polar surface area (TPSA) is 97.6 Å². The molecule has 8 nitrogen and oxygen atoms in total. The van der Waals surface area contributed by atoms with E-state index in [0.717, 1.165) is 22.0 Å². The lowest BCUT2D eigenvalue weighted by Gasteiger charge is -2.19. The average molecular weight is 378 g/mol. The van der Waals surface area contributed by atoms with Crippen LogP contribution >= 0.6 is 0 Å². The first-order chi connectivity index (χ1) is 13.6. The second-order valence-corrected chi connectivity index (χ2v) is 6.76. The monoisotopic (exact) mass is 378 g/mol. The van der Waals surface area contributed by atoms with E-state index >= 15 is 0 Å². The molecule has 1 atom stereocenters. The van der Waals surface area contributed by atoms with Crippen molar-refractivity contribution in [3.05, 3.63) is 59.0 Å². The van der Waals surface area contributed by atoms with E-state index in [9.17, 15) is 9.59 Å². The maximum absolute atomic E-state index is 13.0. The van der Waals surface area contributed by atoms with Gasteiger partial charge in [-0.1, -0.05) is 25.1 Å². The lowest BCUT2D eigenvalue weighted by atomic mass is 10.2. The molecule has 0 fully saturated rings. The molecule has 0 saturated carbocycles. The number of aryl methyl sites for hydroxylation is 1. The van der Waals surface area contributed by atoms with Crippen LogP contribution in [-0.2, 0) is 18.3 Å². The number of nitrogens with one attached hydrogen (secondary N) is 2. The van der Waals surface area contributed by atoms with E-state index in [0.29, 0.717) is 24.9 Å². The second kappa shape index (κ2) is 7.30. The summed E-state index contributed by atoms with van der Waals surface area (Å²) in [5.74, 6) is -0.108. The van der Waals surface area contributed by atoms with Crippen LogP contribution in [0.4, 0.5) is 0 Å². The number of imidazole rings is 1. The molecule has 3 heterocycles. The van der Waals surface area contributed by atoms with Gasteiger partial charge in [-0.3, -0.25) is 9.59 Å². The van der Waals surface area contributed by atoms with E-state index in [1.54, 1.807) is 25.8 Å². The third kappa shape index (κ3) is 2.96. The number of fused-ring (bicyclic) bond motifs is 3. The Morgan fingerprint density at radius 2 is 2.07 bits per heavy atom. The molecule has 0 saturated heterocycles. The quantitative estimate of drug-likeness (QED) is 0.536. The van der Waals surface area contributed by atoms with Crippen molar-refractivity contribution < 1.29 is 4.79 Å². The summed E-state index contributed by atoms with van der Waals surface area (Å²) in [6.07, 6.45) is 6.29. The van der Waals surface area contributed by atoms with Crippen molar-refractivity contribution in [3.8, 4) is 0 Å². The number of carbonyl (C=O) groups is 1. The number of rotatable bonds is 6. The van der Waals surface area contributed by atoms with E-state index in [4.69, 9.17) is 0 Å². The van der Waals surface area contributed by atoms with Crippen LogP contribution in [-0.4, -0.2) is 36.8 Å². The zero-order valence-electron chi connectivity index (χ0n) is 15.8. The van der Waals surface area contributed by atoms with Gasteiger partial charge in [-0.15, -0.1) is 0 Å². The third-order valence-electron chi connectivity index (χ3n) is 5.06. The summed E-state index contributed by atoms with van der Waals surface area (Å²) in [6, 6.07) is 7.25. The van der Waals surface area contributed by atoms with Crippen molar-refractivity contribution >= 4 is 27.7 Å². The molecule has 1 aromatic carbocycles. The van der Waals surface area contributed by atoms with Crippen LogP contribution < -0.4 is 10.9 Å². The SMILES string of the molecule is CC[C@H](C(=O)NCCc1cnc[nH]1)n1c2ccccc2c2cnn(C)c(=O)c21. The van der Waals surface area contributed by atoms with Gasteiger partial charge in [0, 0.05) is 42.7 Å². The van der Waals surface area contributed by atoms with E-state index in [1.165, 1.54) is 4.68 Å². The summed E-state index contributed by atoms with van der Waals surface area (Å²) in [4.78, 5) is 32.9. The van der Waals surface area contributed by atoms with Crippen molar-refractivity contribution in [3.63, 3.8) is 0 Å². The van der Waals surface area contributed by atoms with Crippen molar-refractivity contribution in [2.45, 2.75) is 25.8 Å². The van der Waals surface area contributed by atoms with E-state index in [2.05, 4.69) is 20.4 Å². The number of nitrogens with zero attached hydrogens (tertiary/aromatic N) is 4. The van der Waals surface area contributed by atoms with E-state index < -0.39 is 6.04 Å².